The number of aliphatic hydroxyl groups is 1. The van der Waals surface area contributed by atoms with Crippen molar-refractivity contribution in [3.63, 3.8) is 0 Å². The molecule has 0 aliphatic heterocycles. The summed E-state index contributed by atoms with van der Waals surface area (Å²) in [5.41, 5.74) is 6.83. The van der Waals surface area contributed by atoms with E-state index in [1.807, 2.05) is 18.2 Å². The van der Waals surface area contributed by atoms with E-state index in [9.17, 15) is 9.90 Å². The van der Waals surface area contributed by atoms with Crippen LogP contribution in [0.25, 0.3) is 0 Å². The molecule has 21 heavy (non-hydrogen) atoms. The summed E-state index contributed by atoms with van der Waals surface area (Å²) in [7, 11) is 1.58. The van der Waals surface area contributed by atoms with Gasteiger partial charge >= 0.3 is 0 Å². The molecule has 3 N–H and O–H groups in total. The molecule has 0 aliphatic rings. The van der Waals surface area contributed by atoms with E-state index in [0.717, 1.165) is 0 Å². The molecule has 0 heterocycles. The van der Waals surface area contributed by atoms with Crippen LogP contribution in [0.4, 0.5) is 11.4 Å². The van der Waals surface area contributed by atoms with Crippen molar-refractivity contribution in [3.8, 4) is 0 Å². The van der Waals surface area contributed by atoms with Crippen molar-refractivity contribution in [2.24, 2.45) is 0 Å². The van der Waals surface area contributed by atoms with Crippen LogP contribution in [0.2, 0.25) is 10.0 Å². The van der Waals surface area contributed by atoms with Crippen LogP contribution in [0.5, 0.6) is 0 Å². The van der Waals surface area contributed by atoms with E-state index in [4.69, 9.17) is 28.9 Å². The van der Waals surface area contributed by atoms with Crippen LogP contribution in [-0.4, -0.2) is 18.1 Å². The van der Waals surface area contributed by atoms with Crippen molar-refractivity contribution in [1.82, 2.24) is 0 Å². The second kappa shape index (κ2) is 6.35. The van der Waals surface area contributed by atoms with Gasteiger partial charge in [0, 0.05) is 12.7 Å². The fourth-order valence-corrected chi connectivity index (χ4v) is 2.37. The number of benzene rings is 2. The summed E-state index contributed by atoms with van der Waals surface area (Å²) >= 11 is 11.8. The molecule has 0 aromatic heterocycles. The van der Waals surface area contributed by atoms with E-state index in [1.165, 1.54) is 17.0 Å². The topological polar surface area (TPSA) is 66.6 Å². The number of hydrogen-bond donors (Lipinski definition) is 2. The van der Waals surface area contributed by atoms with Gasteiger partial charge in [-0.1, -0.05) is 41.4 Å². The molecular weight excluding hydrogens is 311 g/mol. The van der Waals surface area contributed by atoms with E-state index in [0.29, 0.717) is 11.3 Å². The highest BCUT2D eigenvalue weighted by molar-refractivity contribution is 6.39. The standard InChI is InChI=1S/C15H14Cl2N2O2/c1-19(10-5-3-2-4-6-10)15(21)14(20)9-7-11(16)13(18)12(17)8-9/h2-8,14,20H,18H2,1H3. The van der Waals surface area contributed by atoms with E-state index in [2.05, 4.69) is 0 Å². The van der Waals surface area contributed by atoms with Gasteiger partial charge in [0.1, 0.15) is 0 Å². The third kappa shape index (κ3) is 3.29. The average Bonchev–Trinajstić information content (AvgIpc) is 2.50. The molecule has 1 unspecified atom stereocenters. The number of nitrogens with zero attached hydrogens (tertiary/aromatic N) is 1. The van der Waals surface area contributed by atoms with E-state index in [-0.39, 0.29) is 15.7 Å². The number of rotatable bonds is 3. The van der Waals surface area contributed by atoms with E-state index >= 15 is 0 Å². The van der Waals surface area contributed by atoms with Gasteiger partial charge in [0.15, 0.2) is 6.10 Å². The lowest BCUT2D eigenvalue weighted by molar-refractivity contribution is -0.126. The van der Waals surface area contributed by atoms with Gasteiger partial charge in [-0.05, 0) is 29.8 Å². The first-order valence-corrected chi connectivity index (χ1v) is 6.92. The predicted octanol–water partition coefficient (Wildman–Crippen LogP) is 3.27. The minimum absolute atomic E-state index is 0.201. The van der Waals surface area contributed by atoms with Gasteiger partial charge < -0.3 is 15.7 Å². The van der Waals surface area contributed by atoms with Crippen molar-refractivity contribution < 1.29 is 9.90 Å². The maximum Gasteiger partial charge on any atom is 0.260 e. The third-order valence-corrected chi connectivity index (χ3v) is 3.75. The Hall–Kier alpha value is -1.75. The Bertz CT molecular complexity index is 639. The second-order valence-electron chi connectivity index (χ2n) is 4.53. The van der Waals surface area contributed by atoms with Gasteiger partial charge in [-0.15, -0.1) is 0 Å². The smallest absolute Gasteiger partial charge is 0.260 e. The molecule has 1 atom stereocenters. The number of amides is 1. The van der Waals surface area contributed by atoms with Crippen LogP contribution in [-0.2, 0) is 4.79 Å². The monoisotopic (exact) mass is 324 g/mol. The molecule has 0 fully saturated rings. The molecule has 0 aliphatic carbocycles. The first-order chi connectivity index (χ1) is 9.91. The SMILES string of the molecule is CN(C(=O)C(O)c1cc(Cl)c(N)c(Cl)c1)c1ccccc1. The van der Waals surface area contributed by atoms with Crippen molar-refractivity contribution in [2.75, 3.05) is 17.7 Å². The van der Waals surface area contributed by atoms with Gasteiger partial charge in [0.05, 0.1) is 15.7 Å². The van der Waals surface area contributed by atoms with E-state index in [1.54, 1.807) is 19.2 Å². The number of likely N-dealkylation sites (N-methyl/N-ethyl adjacent to an activating group) is 1. The summed E-state index contributed by atoms with van der Waals surface area (Å²) in [5.74, 6) is -0.488. The summed E-state index contributed by atoms with van der Waals surface area (Å²) in [6, 6.07) is 11.9. The predicted molar refractivity (Wildman–Crippen MR) is 85.7 cm³/mol. The van der Waals surface area contributed by atoms with Crippen LogP contribution in [0.3, 0.4) is 0 Å². The fourth-order valence-electron chi connectivity index (χ4n) is 1.87. The number of para-hydroxylation sites is 1. The quantitative estimate of drug-likeness (QED) is 0.851. The fraction of sp³-hybridized carbons (Fsp3) is 0.133. The van der Waals surface area contributed by atoms with Crippen molar-refractivity contribution >= 4 is 40.5 Å². The summed E-state index contributed by atoms with van der Waals surface area (Å²) < 4.78 is 0. The molecule has 2 aromatic carbocycles. The second-order valence-corrected chi connectivity index (χ2v) is 5.35. The Labute approximate surface area is 132 Å². The van der Waals surface area contributed by atoms with Crippen LogP contribution in [0, 0.1) is 0 Å². The average molecular weight is 325 g/mol. The van der Waals surface area contributed by atoms with Crippen LogP contribution >= 0.6 is 23.2 Å². The number of nitrogen functional groups attached to an aromatic ring is 1. The molecule has 2 aromatic rings. The number of hydrogen-bond acceptors (Lipinski definition) is 3. The van der Waals surface area contributed by atoms with E-state index < -0.39 is 12.0 Å². The molecule has 0 bridgehead atoms. The molecule has 0 saturated carbocycles. The maximum absolute atomic E-state index is 12.3. The molecule has 0 saturated heterocycles. The number of aliphatic hydroxyl groups excluding tert-OH is 1. The summed E-state index contributed by atoms with van der Waals surface area (Å²) in [5, 5.41) is 10.6. The molecule has 110 valence electrons. The van der Waals surface area contributed by atoms with Crippen LogP contribution in [0.15, 0.2) is 42.5 Å². The van der Waals surface area contributed by atoms with Crippen molar-refractivity contribution in [2.45, 2.75) is 6.10 Å². The zero-order valence-electron chi connectivity index (χ0n) is 11.3. The number of carbonyl (C=O) groups excluding carboxylic acids is 1. The number of halogens is 2. The highest BCUT2D eigenvalue weighted by atomic mass is 35.5. The molecule has 0 spiro atoms. The lowest BCUT2D eigenvalue weighted by Crippen LogP contribution is -2.31. The Morgan fingerprint density at radius 1 is 1.19 bits per heavy atom. The minimum atomic E-state index is -1.37. The summed E-state index contributed by atoms with van der Waals surface area (Å²) in [6.07, 6.45) is -1.37. The normalized spacial score (nSPS) is 12.0. The highest BCUT2D eigenvalue weighted by Gasteiger charge is 2.23. The van der Waals surface area contributed by atoms with Crippen molar-refractivity contribution in [1.29, 1.82) is 0 Å². The Morgan fingerprint density at radius 2 is 1.71 bits per heavy atom. The first-order valence-electron chi connectivity index (χ1n) is 6.17. The Morgan fingerprint density at radius 3 is 2.24 bits per heavy atom. The zero-order chi connectivity index (χ0) is 15.6. The van der Waals surface area contributed by atoms with Gasteiger partial charge in [-0.2, -0.15) is 0 Å². The number of carbonyl (C=O) groups is 1. The summed E-state index contributed by atoms with van der Waals surface area (Å²) in [4.78, 5) is 13.7. The van der Waals surface area contributed by atoms with Crippen LogP contribution < -0.4 is 10.6 Å². The molecule has 1 amide bonds. The zero-order valence-corrected chi connectivity index (χ0v) is 12.8. The molecular formula is C15H14Cl2N2O2. The molecule has 6 heteroatoms. The highest BCUT2D eigenvalue weighted by Crippen LogP contribution is 2.32. The maximum atomic E-state index is 12.3. The van der Waals surface area contributed by atoms with Gasteiger partial charge in [-0.3, -0.25) is 4.79 Å². The third-order valence-electron chi connectivity index (χ3n) is 3.13. The molecule has 2 rings (SSSR count). The lowest BCUT2D eigenvalue weighted by atomic mass is 10.1. The number of nitrogens with two attached hydrogens (primary N) is 1. The minimum Gasteiger partial charge on any atom is -0.396 e. The van der Waals surface area contributed by atoms with Gasteiger partial charge in [-0.25, -0.2) is 0 Å². The largest absolute Gasteiger partial charge is 0.396 e. The number of anilines is 2. The summed E-state index contributed by atoms with van der Waals surface area (Å²) in [6.45, 7) is 0. The van der Waals surface area contributed by atoms with Crippen molar-refractivity contribution in [3.05, 3.63) is 58.1 Å². The molecule has 4 nitrogen and oxygen atoms in total. The molecule has 0 radical (unpaired) electrons. The van der Waals surface area contributed by atoms with Gasteiger partial charge in [0.2, 0.25) is 0 Å². The Balaban J connectivity index is 2.27. The van der Waals surface area contributed by atoms with Crippen LogP contribution in [0.1, 0.15) is 11.7 Å². The Kier molecular flexibility index (Phi) is 4.73. The first kappa shape index (κ1) is 15.6. The van der Waals surface area contributed by atoms with Gasteiger partial charge in [0.25, 0.3) is 5.91 Å². The lowest BCUT2D eigenvalue weighted by Gasteiger charge is -2.21.